The highest BCUT2D eigenvalue weighted by molar-refractivity contribution is 6.00. The van der Waals surface area contributed by atoms with E-state index in [1.807, 2.05) is 0 Å². The minimum atomic E-state index is -0.488. The van der Waals surface area contributed by atoms with Crippen LogP contribution in [0.2, 0.25) is 0 Å². The number of fused-ring (bicyclic) bond motifs is 1. The van der Waals surface area contributed by atoms with Crippen molar-refractivity contribution >= 4 is 5.78 Å². The molecule has 0 spiro atoms. The van der Waals surface area contributed by atoms with E-state index in [1.165, 1.54) is 22.3 Å². The first-order valence-corrected chi connectivity index (χ1v) is 7.72. The highest BCUT2D eigenvalue weighted by Gasteiger charge is 2.53. The molecule has 3 aliphatic rings. The molecular weight excluding hydrogens is 258 g/mol. The Balaban J connectivity index is 2.03. The Morgan fingerprint density at radius 1 is 1.05 bits per heavy atom. The summed E-state index contributed by atoms with van der Waals surface area (Å²) < 4.78 is 0. The zero-order valence-electron chi connectivity index (χ0n) is 12.2. The van der Waals surface area contributed by atoms with E-state index in [-0.39, 0.29) is 5.92 Å². The van der Waals surface area contributed by atoms with Crippen LogP contribution < -0.4 is 5.32 Å². The number of carbonyl (C=O) groups is 1. The number of nitrogens with one attached hydrogen (secondary N) is 1. The first-order chi connectivity index (χ1) is 10.3. The zero-order valence-corrected chi connectivity index (χ0v) is 12.2. The number of hydrogen-bond donors (Lipinski definition) is 1. The third-order valence-electron chi connectivity index (χ3n) is 5.10. The second-order valence-corrected chi connectivity index (χ2v) is 6.04. The molecule has 0 radical (unpaired) electrons. The molecule has 2 aromatic rings. The number of likely N-dealkylation sites (N-methyl/N-ethyl adjacent to an activating group) is 1. The molecule has 0 unspecified atom stereocenters. The molecule has 21 heavy (non-hydrogen) atoms. The average molecular weight is 277 g/mol. The third kappa shape index (κ3) is 1.54. The molecule has 2 bridgehead atoms. The monoisotopic (exact) mass is 277 g/mol. The first kappa shape index (κ1) is 12.8. The van der Waals surface area contributed by atoms with Crippen molar-refractivity contribution in [1.82, 2.24) is 5.32 Å². The average Bonchev–Trinajstić information content (AvgIpc) is 2.54. The molecule has 0 heterocycles. The molecule has 3 aliphatic carbocycles. The first-order valence-electron chi connectivity index (χ1n) is 7.72. The van der Waals surface area contributed by atoms with Gasteiger partial charge in [-0.2, -0.15) is 0 Å². The highest BCUT2D eigenvalue weighted by atomic mass is 16.1. The largest absolute Gasteiger partial charge is 0.315 e. The van der Waals surface area contributed by atoms with Gasteiger partial charge in [-0.1, -0.05) is 55.5 Å². The summed E-state index contributed by atoms with van der Waals surface area (Å²) in [6.45, 7) is 3.67. The van der Waals surface area contributed by atoms with Gasteiger partial charge in [0.2, 0.25) is 0 Å². The smallest absolute Gasteiger partial charge is 0.150 e. The summed E-state index contributed by atoms with van der Waals surface area (Å²) in [5.74, 6) is 0.610. The van der Waals surface area contributed by atoms with Crippen LogP contribution in [0.25, 0.3) is 0 Å². The number of hydrogen-bond acceptors (Lipinski definition) is 2. The topological polar surface area (TPSA) is 29.1 Å². The van der Waals surface area contributed by atoms with Gasteiger partial charge >= 0.3 is 0 Å². The van der Waals surface area contributed by atoms with Crippen molar-refractivity contribution in [3.8, 4) is 0 Å². The van der Waals surface area contributed by atoms with Crippen molar-refractivity contribution in [2.24, 2.45) is 0 Å². The molecule has 0 amide bonds. The van der Waals surface area contributed by atoms with E-state index in [4.69, 9.17) is 0 Å². The molecule has 0 aliphatic heterocycles. The third-order valence-corrected chi connectivity index (χ3v) is 5.10. The molecule has 106 valence electrons. The lowest BCUT2D eigenvalue weighted by molar-refractivity contribution is -0.124. The van der Waals surface area contributed by atoms with Crippen molar-refractivity contribution in [2.75, 3.05) is 13.1 Å². The van der Waals surface area contributed by atoms with Gasteiger partial charge in [-0.3, -0.25) is 4.79 Å². The number of carbonyl (C=O) groups excluding carboxylic acids is 1. The fourth-order valence-electron chi connectivity index (χ4n) is 4.17. The van der Waals surface area contributed by atoms with E-state index in [1.54, 1.807) is 0 Å². The summed E-state index contributed by atoms with van der Waals surface area (Å²) in [5, 5.41) is 3.43. The molecule has 0 fully saturated rings. The number of benzene rings is 2. The lowest BCUT2D eigenvalue weighted by Gasteiger charge is -2.48. The minimum Gasteiger partial charge on any atom is -0.315 e. The van der Waals surface area contributed by atoms with Gasteiger partial charge in [0, 0.05) is 18.9 Å². The SMILES string of the molecule is CCNCC12C(=O)CC(c3ccccc31)c1ccccc12. The predicted molar refractivity (Wildman–Crippen MR) is 83.7 cm³/mol. The molecule has 0 atom stereocenters. The maximum absolute atomic E-state index is 13.0. The molecule has 2 aromatic carbocycles. The Labute approximate surface area is 125 Å². The fourth-order valence-corrected chi connectivity index (χ4v) is 4.17. The van der Waals surface area contributed by atoms with E-state index in [0.717, 1.165) is 6.54 Å². The Bertz CT molecular complexity index is 672. The minimum absolute atomic E-state index is 0.244. The number of Topliss-reactive ketones (excluding diaryl/α,β-unsaturated/α-hetero) is 1. The van der Waals surface area contributed by atoms with Gasteiger partial charge in [0.25, 0.3) is 0 Å². The summed E-state index contributed by atoms with van der Waals surface area (Å²) in [6, 6.07) is 17.0. The van der Waals surface area contributed by atoms with E-state index < -0.39 is 5.41 Å². The Morgan fingerprint density at radius 3 is 2.19 bits per heavy atom. The van der Waals surface area contributed by atoms with E-state index in [0.29, 0.717) is 18.7 Å². The summed E-state index contributed by atoms with van der Waals surface area (Å²) in [7, 11) is 0. The maximum Gasteiger partial charge on any atom is 0.150 e. The Morgan fingerprint density at radius 2 is 1.62 bits per heavy atom. The van der Waals surface area contributed by atoms with Crippen molar-refractivity contribution in [1.29, 1.82) is 0 Å². The summed E-state index contributed by atoms with van der Waals surface area (Å²) in [6.07, 6.45) is 0.638. The van der Waals surface area contributed by atoms with Gasteiger partial charge in [0.05, 0.1) is 5.41 Å². The van der Waals surface area contributed by atoms with Crippen LogP contribution in [0.5, 0.6) is 0 Å². The van der Waals surface area contributed by atoms with Crippen LogP contribution in [-0.2, 0) is 10.2 Å². The van der Waals surface area contributed by atoms with Gasteiger partial charge < -0.3 is 5.32 Å². The Hall–Kier alpha value is -1.93. The molecule has 0 saturated carbocycles. The second-order valence-electron chi connectivity index (χ2n) is 6.04. The van der Waals surface area contributed by atoms with Gasteiger partial charge in [-0.15, -0.1) is 0 Å². The van der Waals surface area contributed by atoms with Crippen LogP contribution in [0.3, 0.4) is 0 Å². The molecule has 2 nitrogen and oxygen atoms in total. The molecule has 2 heteroatoms. The number of rotatable bonds is 3. The molecule has 0 saturated heterocycles. The van der Waals surface area contributed by atoms with Crippen molar-refractivity contribution in [2.45, 2.75) is 24.7 Å². The van der Waals surface area contributed by atoms with E-state index >= 15 is 0 Å². The van der Waals surface area contributed by atoms with Gasteiger partial charge in [0.1, 0.15) is 5.78 Å². The van der Waals surface area contributed by atoms with Crippen molar-refractivity contribution in [3.63, 3.8) is 0 Å². The van der Waals surface area contributed by atoms with Gasteiger partial charge in [0.15, 0.2) is 0 Å². The van der Waals surface area contributed by atoms with Gasteiger partial charge in [-0.25, -0.2) is 0 Å². The van der Waals surface area contributed by atoms with Crippen LogP contribution in [-0.4, -0.2) is 18.9 Å². The summed E-state index contributed by atoms with van der Waals surface area (Å²) in [5.41, 5.74) is 4.62. The predicted octanol–water partition coefficient (Wildman–Crippen LogP) is 3.00. The molecule has 5 rings (SSSR count). The number of ketones is 1. The van der Waals surface area contributed by atoms with Crippen LogP contribution in [0.4, 0.5) is 0 Å². The second kappa shape index (κ2) is 4.54. The fraction of sp³-hybridized carbons (Fsp3) is 0.316. The molecule has 1 N–H and O–H groups in total. The normalized spacial score (nSPS) is 25.6. The standard InChI is InChI=1S/C19H19NO/c1-2-20-12-19-16-9-5-3-7-13(16)15(11-18(19)21)14-8-4-6-10-17(14)19/h3-10,15,20H,2,11-12H2,1H3. The summed E-state index contributed by atoms with van der Waals surface area (Å²) >= 11 is 0. The van der Waals surface area contributed by atoms with Crippen LogP contribution in [0.15, 0.2) is 48.5 Å². The quantitative estimate of drug-likeness (QED) is 0.934. The lowest BCUT2D eigenvalue weighted by Crippen LogP contribution is -2.53. The van der Waals surface area contributed by atoms with Crippen LogP contribution >= 0.6 is 0 Å². The summed E-state index contributed by atoms with van der Waals surface area (Å²) in [4.78, 5) is 13.0. The highest BCUT2D eigenvalue weighted by Crippen LogP contribution is 2.54. The van der Waals surface area contributed by atoms with E-state index in [9.17, 15) is 4.79 Å². The molecular formula is C19H19NO. The van der Waals surface area contributed by atoms with Crippen LogP contribution in [0, 0.1) is 0 Å². The maximum atomic E-state index is 13.0. The van der Waals surface area contributed by atoms with Gasteiger partial charge in [-0.05, 0) is 28.8 Å². The van der Waals surface area contributed by atoms with E-state index in [2.05, 4.69) is 60.8 Å². The van der Waals surface area contributed by atoms with Crippen LogP contribution in [0.1, 0.15) is 41.5 Å². The lowest BCUT2D eigenvalue weighted by atomic mass is 9.54. The molecule has 0 aromatic heterocycles. The zero-order chi connectivity index (χ0) is 14.4. The Kier molecular flexibility index (Phi) is 2.76. The van der Waals surface area contributed by atoms with Crippen molar-refractivity contribution < 1.29 is 4.79 Å². The van der Waals surface area contributed by atoms with Crippen molar-refractivity contribution in [3.05, 3.63) is 70.8 Å².